The molecule has 0 radical (unpaired) electrons. The molecule has 2 aliphatic carbocycles. The zero-order chi connectivity index (χ0) is 23.8. The molecule has 1 saturated heterocycles. The van der Waals surface area contributed by atoms with Crippen LogP contribution < -0.4 is 9.64 Å². The number of rotatable bonds is 4. The number of nitrogens with zero attached hydrogens (tertiary/aromatic N) is 4. The quantitative estimate of drug-likeness (QED) is 0.477. The fourth-order valence-corrected chi connectivity index (χ4v) is 7.30. The van der Waals surface area contributed by atoms with E-state index >= 15 is 0 Å². The lowest BCUT2D eigenvalue weighted by molar-refractivity contribution is 0.0743. The van der Waals surface area contributed by atoms with Gasteiger partial charge in [0.1, 0.15) is 22.2 Å². The summed E-state index contributed by atoms with van der Waals surface area (Å²) in [5.41, 5.74) is 2.13. The van der Waals surface area contributed by atoms with Gasteiger partial charge in [0.25, 0.3) is 5.91 Å². The molecule has 184 valence electrons. The lowest BCUT2D eigenvalue weighted by Crippen LogP contribution is -2.49. The van der Waals surface area contributed by atoms with E-state index in [0.717, 1.165) is 31.2 Å². The zero-order valence-corrected chi connectivity index (χ0v) is 21.4. The number of para-hydroxylation sites is 1. The van der Waals surface area contributed by atoms with E-state index in [2.05, 4.69) is 4.90 Å². The van der Waals surface area contributed by atoms with Gasteiger partial charge >= 0.3 is 0 Å². The van der Waals surface area contributed by atoms with Crippen LogP contribution in [0.2, 0.25) is 0 Å². The number of aromatic nitrogens is 2. The summed E-state index contributed by atoms with van der Waals surface area (Å²) in [7, 11) is 1.62. The van der Waals surface area contributed by atoms with E-state index in [1.165, 1.54) is 72.0 Å². The fraction of sp³-hybridized carbons (Fsp3) is 0.536. The van der Waals surface area contributed by atoms with Gasteiger partial charge in [0, 0.05) is 37.0 Å². The molecule has 0 bridgehead atoms. The van der Waals surface area contributed by atoms with Crippen molar-refractivity contribution in [3.8, 4) is 5.75 Å². The Morgan fingerprint density at radius 3 is 2.54 bits per heavy atom. The van der Waals surface area contributed by atoms with E-state index in [1.807, 2.05) is 40.5 Å². The molecule has 3 aliphatic rings. The average molecular weight is 491 g/mol. The van der Waals surface area contributed by atoms with Gasteiger partial charge in [-0.1, -0.05) is 31.4 Å². The fourth-order valence-electron chi connectivity index (χ4n) is 6.04. The number of anilines is 1. The van der Waals surface area contributed by atoms with Crippen molar-refractivity contribution < 1.29 is 9.53 Å². The molecular weight excluding hydrogens is 456 g/mol. The first-order chi connectivity index (χ1) is 17.2. The molecule has 1 saturated carbocycles. The van der Waals surface area contributed by atoms with Crippen LogP contribution in [0.5, 0.6) is 5.75 Å². The molecule has 3 heterocycles. The van der Waals surface area contributed by atoms with E-state index in [4.69, 9.17) is 14.7 Å². The number of piperazine rings is 1. The minimum absolute atomic E-state index is 0.0470. The van der Waals surface area contributed by atoms with E-state index in [0.29, 0.717) is 30.3 Å². The number of hydrogen-bond acceptors (Lipinski definition) is 6. The molecule has 3 aromatic rings. The van der Waals surface area contributed by atoms with Crippen molar-refractivity contribution >= 4 is 33.3 Å². The molecule has 6 rings (SSSR count). The van der Waals surface area contributed by atoms with Crippen LogP contribution in [0.1, 0.15) is 77.5 Å². The van der Waals surface area contributed by atoms with Crippen molar-refractivity contribution in [2.45, 2.75) is 63.7 Å². The first-order valence-electron chi connectivity index (χ1n) is 13.2. The second-order valence-electron chi connectivity index (χ2n) is 10.1. The van der Waals surface area contributed by atoms with Crippen LogP contribution in [0.25, 0.3) is 10.2 Å². The molecule has 2 aromatic heterocycles. The molecule has 0 unspecified atom stereocenters. The first-order valence-corrected chi connectivity index (χ1v) is 14.0. The number of amides is 1. The zero-order valence-electron chi connectivity index (χ0n) is 20.6. The van der Waals surface area contributed by atoms with Crippen LogP contribution in [0, 0.1) is 0 Å². The minimum Gasteiger partial charge on any atom is -0.496 e. The van der Waals surface area contributed by atoms with Gasteiger partial charge in [-0.2, -0.15) is 0 Å². The molecule has 1 amide bonds. The van der Waals surface area contributed by atoms with E-state index in [-0.39, 0.29) is 5.91 Å². The summed E-state index contributed by atoms with van der Waals surface area (Å²) in [6.07, 6.45) is 11.2. The van der Waals surface area contributed by atoms with Crippen molar-refractivity contribution in [2.75, 3.05) is 38.2 Å². The number of benzene rings is 1. The average Bonchev–Trinajstić information content (AvgIpc) is 3.31. The molecule has 0 N–H and O–H groups in total. The Morgan fingerprint density at radius 2 is 1.74 bits per heavy atom. The van der Waals surface area contributed by atoms with Crippen LogP contribution >= 0.6 is 11.3 Å². The number of ether oxygens (including phenoxy) is 1. The topological polar surface area (TPSA) is 58.6 Å². The molecule has 7 heteroatoms. The smallest absolute Gasteiger partial charge is 0.257 e. The van der Waals surface area contributed by atoms with E-state index in [9.17, 15) is 4.79 Å². The summed E-state index contributed by atoms with van der Waals surface area (Å²) in [5, 5.41) is 1.30. The van der Waals surface area contributed by atoms with Crippen molar-refractivity contribution in [1.82, 2.24) is 14.9 Å². The number of carbonyl (C=O) groups excluding carboxylic acids is 1. The van der Waals surface area contributed by atoms with Crippen LogP contribution in [0.4, 0.5) is 5.82 Å². The van der Waals surface area contributed by atoms with Crippen molar-refractivity contribution in [1.29, 1.82) is 0 Å². The summed E-state index contributed by atoms with van der Waals surface area (Å²) >= 11 is 1.91. The van der Waals surface area contributed by atoms with E-state index < -0.39 is 0 Å². The number of carbonyl (C=O) groups is 1. The number of hydrogen-bond donors (Lipinski definition) is 0. The molecule has 35 heavy (non-hydrogen) atoms. The summed E-state index contributed by atoms with van der Waals surface area (Å²) in [6.45, 7) is 2.96. The molecule has 6 nitrogen and oxygen atoms in total. The Labute approximate surface area is 211 Å². The maximum absolute atomic E-state index is 13.2. The second-order valence-corrected chi connectivity index (χ2v) is 11.2. The van der Waals surface area contributed by atoms with E-state index in [1.54, 1.807) is 7.11 Å². The Morgan fingerprint density at radius 1 is 0.971 bits per heavy atom. The van der Waals surface area contributed by atoms with Crippen molar-refractivity contribution in [2.24, 2.45) is 0 Å². The van der Waals surface area contributed by atoms with Crippen LogP contribution in [0.3, 0.4) is 0 Å². The lowest BCUT2D eigenvalue weighted by Gasteiger charge is -2.36. The predicted octanol–water partition coefficient (Wildman–Crippen LogP) is 5.59. The highest BCUT2D eigenvalue weighted by atomic mass is 32.1. The van der Waals surface area contributed by atoms with Crippen molar-refractivity contribution in [3.05, 3.63) is 46.1 Å². The Bertz CT molecular complexity index is 1230. The third-order valence-corrected chi connectivity index (χ3v) is 9.17. The van der Waals surface area contributed by atoms with Crippen LogP contribution in [-0.2, 0) is 12.8 Å². The van der Waals surface area contributed by atoms with Crippen molar-refractivity contribution in [3.63, 3.8) is 0 Å². The molecular formula is C28H34N4O2S. The van der Waals surface area contributed by atoms with Gasteiger partial charge in [0.15, 0.2) is 0 Å². The first kappa shape index (κ1) is 22.8. The highest BCUT2D eigenvalue weighted by Crippen LogP contribution is 2.42. The SMILES string of the molecule is COc1ccccc1C(=O)N1CCN(c2nc(C3CCCCC3)nc3sc4c(c23)CCCC4)CC1. The van der Waals surface area contributed by atoms with Gasteiger partial charge in [-0.15, -0.1) is 11.3 Å². The number of methoxy groups -OCH3 is 1. The standard InChI is InChI=1S/C28H34N4O2S/c1-34-22-13-7-5-11-20(22)28(33)32-17-15-31(16-18-32)26-24-21-12-6-8-14-23(21)35-27(24)30-25(29-26)19-9-3-2-4-10-19/h5,7,11,13,19H,2-4,6,8-10,12,14-18H2,1H3. The van der Waals surface area contributed by atoms with Crippen LogP contribution in [-0.4, -0.2) is 54.1 Å². The second kappa shape index (κ2) is 9.76. The maximum atomic E-state index is 13.2. The van der Waals surface area contributed by atoms with Crippen LogP contribution in [0.15, 0.2) is 24.3 Å². The summed E-state index contributed by atoms with van der Waals surface area (Å²) in [5.74, 6) is 3.35. The minimum atomic E-state index is 0.0470. The van der Waals surface area contributed by atoms with Gasteiger partial charge in [0.2, 0.25) is 0 Å². The summed E-state index contributed by atoms with van der Waals surface area (Å²) < 4.78 is 5.44. The number of thiophene rings is 1. The molecule has 1 aromatic carbocycles. The molecule has 0 atom stereocenters. The van der Waals surface area contributed by atoms with Gasteiger partial charge in [-0.3, -0.25) is 4.79 Å². The molecule has 1 aliphatic heterocycles. The highest BCUT2D eigenvalue weighted by Gasteiger charge is 2.30. The third-order valence-electron chi connectivity index (χ3n) is 7.99. The normalized spacial score (nSPS) is 19.1. The van der Waals surface area contributed by atoms with Gasteiger partial charge in [-0.25, -0.2) is 9.97 Å². The van der Waals surface area contributed by atoms with Gasteiger partial charge < -0.3 is 14.5 Å². The largest absolute Gasteiger partial charge is 0.496 e. The predicted molar refractivity (Wildman–Crippen MR) is 141 cm³/mol. The number of fused-ring (bicyclic) bond motifs is 3. The highest BCUT2D eigenvalue weighted by molar-refractivity contribution is 7.19. The molecule has 2 fully saturated rings. The maximum Gasteiger partial charge on any atom is 0.257 e. The Balaban J connectivity index is 1.30. The van der Waals surface area contributed by atoms with Gasteiger partial charge in [-0.05, 0) is 56.2 Å². The molecule has 0 spiro atoms. The lowest BCUT2D eigenvalue weighted by atomic mass is 9.88. The third kappa shape index (κ3) is 4.28. The summed E-state index contributed by atoms with van der Waals surface area (Å²) in [4.78, 5) is 30.8. The summed E-state index contributed by atoms with van der Waals surface area (Å²) in [6, 6.07) is 7.51. The Hall–Kier alpha value is -2.67. The Kier molecular flexibility index (Phi) is 6.35. The van der Waals surface area contributed by atoms with Gasteiger partial charge in [0.05, 0.1) is 18.1 Å². The number of aryl methyl sites for hydroxylation is 2. The monoisotopic (exact) mass is 490 g/mol.